The second-order valence-electron chi connectivity index (χ2n) is 6.39. The number of rotatable bonds is 6. The van der Waals surface area contributed by atoms with Crippen molar-refractivity contribution in [1.82, 2.24) is 4.98 Å². The number of anilines is 1. The van der Waals surface area contributed by atoms with Gasteiger partial charge in [0, 0.05) is 28.6 Å². The molecule has 3 N–H and O–H groups in total. The molecule has 30 heavy (non-hydrogen) atoms. The summed E-state index contributed by atoms with van der Waals surface area (Å²) in [4.78, 5) is 16.0. The van der Waals surface area contributed by atoms with Crippen LogP contribution in [0.1, 0.15) is 17.6 Å². The number of pyridine rings is 1. The summed E-state index contributed by atoms with van der Waals surface area (Å²) in [5, 5.41) is 8.17. The molecule has 0 atom stereocenters. The summed E-state index contributed by atoms with van der Waals surface area (Å²) < 4.78 is 49.4. The molecule has 0 fully saturated rings. The lowest BCUT2D eigenvalue weighted by atomic mass is 10.1. The minimum atomic E-state index is -4.10. The number of benzene rings is 2. The van der Waals surface area contributed by atoms with Crippen LogP contribution in [0.2, 0.25) is 5.15 Å². The minimum absolute atomic E-state index is 0.0723. The quantitative estimate of drug-likeness (QED) is 0.549. The van der Waals surface area contributed by atoms with E-state index in [0.717, 1.165) is 0 Å². The van der Waals surface area contributed by atoms with E-state index in [2.05, 4.69) is 10.3 Å². The van der Waals surface area contributed by atoms with Crippen molar-refractivity contribution in [3.05, 3.63) is 77.1 Å². The fraction of sp³-hybridized carbons (Fsp3) is 0.100. The molecule has 1 amide bonds. The van der Waals surface area contributed by atoms with Gasteiger partial charge in [0.05, 0.1) is 11.3 Å². The highest BCUT2D eigenvalue weighted by atomic mass is 35.5. The fourth-order valence-corrected chi connectivity index (χ4v) is 3.68. The molecule has 0 saturated heterocycles. The van der Waals surface area contributed by atoms with Gasteiger partial charge in [-0.25, -0.2) is 27.3 Å². The smallest absolute Gasteiger partial charge is 0.263 e. The summed E-state index contributed by atoms with van der Waals surface area (Å²) in [5.41, 5.74) is 1.42. The predicted octanol–water partition coefficient (Wildman–Crippen LogP) is 4.17. The highest BCUT2D eigenvalue weighted by Crippen LogP contribution is 2.29. The standard InChI is InChI=1S/C20H16ClF2N3O3S/c21-18-8-5-14(11-25-18)16-7-6-15(10-17(16)30(24,28)29)26-19(27)9-12-1-3-13(4-2-12)20(22)23/h1-8,10-11,20H,9H2,(H,26,27)(H2,24,28,29). The van der Waals surface area contributed by atoms with Gasteiger partial charge < -0.3 is 5.32 Å². The van der Waals surface area contributed by atoms with Gasteiger partial charge in [0.15, 0.2) is 0 Å². The van der Waals surface area contributed by atoms with Crippen LogP contribution in [0.15, 0.2) is 65.7 Å². The first kappa shape index (κ1) is 21.8. The molecule has 6 nitrogen and oxygen atoms in total. The molecule has 2 aromatic carbocycles. The van der Waals surface area contributed by atoms with E-state index in [0.29, 0.717) is 16.7 Å². The molecule has 0 aliphatic heterocycles. The number of nitrogens with two attached hydrogens (primary N) is 1. The number of hydrogen-bond donors (Lipinski definition) is 2. The summed E-state index contributed by atoms with van der Waals surface area (Å²) in [5.74, 6) is -0.443. The highest BCUT2D eigenvalue weighted by molar-refractivity contribution is 7.89. The van der Waals surface area contributed by atoms with E-state index in [4.69, 9.17) is 16.7 Å². The number of nitrogens with zero attached hydrogens (tertiary/aromatic N) is 1. The Morgan fingerprint density at radius 3 is 2.37 bits per heavy atom. The summed E-state index contributed by atoms with van der Waals surface area (Å²) in [7, 11) is -4.10. The molecular formula is C20H16ClF2N3O3S. The summed E-state index contributed by atoms with van der Waals surface area (Å²) in [6.45, 7) is 0. The molecule has 0 unspecified atom stereocenters. The molecule has 10 heteroatoms. The Kier molecular flexibility index (Phi) is 6.45. The van der Waals surface area contributed by atoms with Crippen molar-refractivity contribution in [2.75, 3.05) is 5.32 Å². The van der Waals surface area contributed by atoms with E-state index in [-0.39, 0.29) is 27.7 Å². The van der Waals surface area contributed by atoms with E-state index < -0.39 is 22.4 Å². The van der Waals surface area contributed by atoms with Gasteiger partial charge in [0.1, 0.15) is 5.15 Å². The molecular weight excluding hydrogens is 436 g/mol. The van der Waals surface area contributed by atoms with Crippen molar-refractivity contribution in [3.63, 3.8) is 0 Å². The number of amides is 1. The zero-order chi connectivity index (χ0) is 21.9. The Balaban J connectivity index is 1.82. The number of carbonyl (C=O) groups is 1. The molecule has 0 spiro atoms. The van der Waals surface area contributed by atoms with Crippen molar-refractivity contribution in [2.45, 2.75) is 17.7 Å². The lowest BCUT2D eigenvalue weighted by molar-refractivity contribution is -0.115. The summed E-state index contributed by atoms with van der Waals surface area (Å²) >= 11 is 5.76. The average molecular weight is 452 g/mol. The molecule has 156 valence electrons. The largest absolute Gasteiger partial charge is 0.326 e. The van der Waals surface area contributed by atoms with Crippen LogP contribution in [-0.4, -0.2) is 19.3 Å². The third-order valence-corrected chi connectivity index (χ3v) is 5.38. The van der Waals surface area contributed by atoms with Crippen LogP contribution in [-0.2, 0) is 21.2 Å². The molecule has 3 rings (SSSR count). The molecule has 0 bridgehead atoms. The molecule has 0 aliphatic carbocycles. The number of aromatic nitrogens is 1. The monoisotopic (exact) mass is 451 g/mol. The zero-order valence-corrected chi connectivity index (χ0v) is 16.9. The van der Waals surface area contributed by atoms with E-state index in [1.165, 1.54) is 54.7 Å². The van der Waals surface area contributed by atoms with Crippen molar-refractivity contribution in [2.24, 2.45) is 5.14 Å². The van der Waals surface area contributed by atoms with Crippen molar-refractivity contribution in [3.8, 4) is 11.1 Å². The summed E-state index contributed by atoms with van der Waals surface area (Å²) in [6, 6.07) is 12.8. The Hall–Kier alpha value is -2.88. The Labute approximate surface area is 176 Å². The zero-order valence-electron chi connectivity index (χ0n) is 15.3. The third-order valence-electron chi connectivity index (χ3n) is 4.21. The predicted molar refractivity (Wildman–Crippen MR) is 110 cm³/mol. The molecule has 1 heterocycles. The SMILES string of the molecule is NS(=O)(=O)c1cc(NC(=O)Cc2ccc(C(F)F)cc2)ccc1-c1ccc(Cl)nc1. The number of nitrogens with one attached hydrogen (secondary N) is 1. The first-order valence-electron chi connectivity index (χ1n) is 8.59. The lowest BCUT2D eigenvalue weighted by Gasteiger charge is -2.12. The summed E-state index contributed by atoms with van der Waals surface area (Å²) in [6.07, 6.45) is -1.25. The number of primary sulfonamides is 1. The topological polar surface area (TPSA) is 102 Å². The van der Waals surface area contributed by atoms with Crippen LogP contribution >= 0.6 is 11.6 Å². The Bertz CT molecular complexity index is 1170. The van der Waals surface area contributed by atoms with Gasteiger partial charge in [-0.1, -0.05) is 41.9 Å². The molecule has 0 saturated carbocycles. The number of hydrogen-bond acceptors (Lipinski definition) is 4. The molecule has 0 aliphatic rings. The van der Waals surface area contributed by atoms with Crippen LogP contribution in [0.5, 0.6) is 0 Å². The van der Waals surface area contributed by atoms with Gasteiger partial charge >= 0.3 is 0 Å². The normalized spacial score (nSPS) is 11.5. The fourth-order valence-electron chi connectivity index (χ4n) is 2.78. The van der Waals surface area contributed by atoms with Gasteiger partial charge in [-0.05, 0) is 29.8 Å². The average Bonchev–Trinajstić information content (AvgIpc) is 2.68. The van der Waals surface area contributed by atoms with Crippen LogP contribution in [0.4, 0.5) is 14.5 Å². The maximum Gasteiger partial charge on any atom is 0.263 e. The van der Waals surface area contributed by atoms with Crippen LogP contribution in [0.25, 0.3) is 11.1 Å². The molecule has 3 aromatic rings. The van der Waals surface area contributed by atoms with Gasteiger partial charge in [0.2, 0.25) is 15.9 Å². The van der Waals surface area contributed by atoms with Gasteiger partial charge in [0.25, 0.3) is 6.43 Å². The van der Waals surface area contributed by atoms with Gasteiger partial charge in [-0.3, -0.25) is 4.79 Å². The van der Waals surface area contributed by atoms with Crippen LogP contribution < -0.4 is 10.5 Å². The Morgan fingerprint density at radius 2 is 1.80 bits per heavy atom. The van der Waals surface area contributed by atoms with Crippen molar-refractivity contribution >= 4 is 33.2 Å². The van der Waals surface area contributed by atoms with E-state index in [9.17, 15) is 22.0 Å². The Morgan fingerprint density at radius 1 is 1.10 bits per heavy atom. The van der Waals surface area contributed by atoms with Crippen molar-refractivity contribution in [1.29, 1.82) is 0 Å². The third kappa shape index (κ3) is 5.38. The van der Waals surface area contributed by atoms with E-state index in [1.54, 1.807) is 6.07 Å². The maximum atomic E-state index is 12.6. The van der Waals surface area contributed by atoms with Crippen LogP contribution in [0, 0.1) is 0 Å². The van der Waals surface area contributed by atoms with Gasteiger partial charge in [-0.2, -0.15) is 0 Å². The number of sulfonamides is 1. The first-order valence-corrected chi connectivity index (χ1v) is 10.5. The first-order chi connectivity index (χ1) is 14.1. The molecule has 1 aromatic heterocycles. The van der Waals surface area contributed by atoms with Crippen molar-refractivity contribution < 1.29 is 22.0 Å². The number of alkyl halides is 2. The van der Waals surface area contributed by atoms with E-state index in [1.807, 2.05) is 0 Å². The van der Waals surface area contributed by atoms with Gasteiger partial charge in [-0.15, -0.1) is 0 Å². The number of carbonyl (C=O) groups excluding carboxylic acids is 1. The minimum Gasteiger partial charge on any atom is -0.326 e. The highest BCUT2D eigenvalue weighted by Gasteiger charge is 2.17. The maximum absolute atomic E-state index is 12.6. The van der Waals surface area contributed by atoms with Crippen LogP contribution in [0.3, 0.4) is 0 Å². The second kappa shape index (κ2) is 8.86. The number of halogens is 3. The van der Waals surface area contributed by atoms with E-state index >= 15 is 0 Å². The second-order valence-corrected chi connectivity index (χ2v) is 8.31. The molecule has 0 radical (unpaired) electrons. The lowest BCUT2D eigenvalue weighted by Crippen LogP contribution is -2.17.